The minimum Gasteiger partial charge on any atom is -0.508 e. The first kappa shape index (κ1) is 31.3. The number of fused-ring (bicyclic) bond motifs is 1. The Kier molecular flexibility index (Phi) is 11.7. The molecule has 3 atom stereocenters. The molecule has 0 radical (unpaired) electrons. The molecule has 0 fully saturated rings. The van der Waals surface area contributed by atoms with Gasteiger partial charge in [0.1, 0.15) is 30.2 Å². The number of carbonyl (C=O) groups excluding carboxylic acids is 3. The molecule has 0 unspecified atom stereocenters. The van der Waals surface area contributed by atoms with E-state index < -0.39 is 24.0 Å². The van der Waals surface area contributed by atoms with Gasteiger partial charge in [0.2, 0.25) is 17.7 Å². The molecule has 3 amide bonds. The number of nitrogens with one attached hydrogen (secondary N) is 4. The molecular formula is C34H40N4O5. The van der Waals surface area contributed by atoms with Gasteiger partial charge in [-0.1, -0.05) is 86.2 Å². The third-order valence-electron chi connectivity index (χ3n) is 7.18. The van der Waals surface area contributed by atoms with Gasteiger partial charge in [-0.05, 0) is 42.2 Å². The molecule has 0 saturated heterocycles. The van der Waals surface area contributed by atoms with Crippen molar-refractivity contribution in [3.05, 3.63) is 102 Å². The van der Waals surface area contributed by atoms with Crippen molar-refractivity contribution in [1.29, 1.82) is 0 Å². The summed E-state index contributed by atoms with van der Waals surface area (Å²) >= 11 is 0. The van der Waals surface area contributed by atoms with E-state index >= 15 is 0 Å². The zero-order chi connectivity index (χ0) is 30.4. The van der Waals surface area contributed by atoms with Crippen molar-refractivity contribution in [2.24, 2.45) is 0 Å². The Labute approximate surface area is 252 Å². The molecule has 1 heterocycles. The average Bonchev–Trinajstić information content (AvgIpc) is 3.01. The number of ether oxygens (including phenoxy) is 1. The summed E-state index contributed by atoms with van der Waals surface area (Å²) in [7, 11) is 0. The highest BCUT2D eigenvalue weighted by molar-refractivity contribution is 5.93. The van der Waals surface area contributed by atoms with Gasteiger partial charge in [-0.25, -0.2) is 0 Å². The number of phenolic OH excluding ortho intramolecular Hbond substituents is 1. The van der Waals surface area contributed by atoms with Gasteiger partial charge in [-0.3, -0.25) is 14.4 Å². The van der Waals surface area contributed by atoms with E-state index in [-0.39, 0.29) is 30.5 Å². The van der Waals surface area contributed by atoms with Gasteiger partial charge in [-0.2, -0.15) is 0 Å². The first-order valence-electron chi connectivity index (χ1n) is 14.7. The van der Waals surface area contributed by atoms with Crippen molar-refractivity contribution < 1.29 is 24.2 Å². The summed E-state index contributed by atoms with van der Waals surface area (Å²) in [5, 5.41) is 21.7. The highest BCUT2D eigenvalue weighted by Gasteiger charge is 2.29. The van der Waals surface area contributed by atoms with Crippen LogP contribution in [0.1, 0.15) is 36.5 Å². The summed E-state index contributed by atoms with van der Waals surface area (Å²) in [6.45, 7) is 2.91. The highest BCUT2D eigenvalue weighted by Crippen LogP contribution is 2.19. The zero-order valence-electron chi connectivity index (χ0n) is 24.4. The topological polar surface area (TPSA) is 129 Å². The molecule has 9 nitrogen and oxygen atoms in total. The number of rotatable bonds is 6. The van der Waals surface area contributed by atoms with Gasteiger partial charge in [0.15, 0.2) is 0 Å². The van der Waals surface area contributed by atoms with Gasteiger partial charge in [0.25, 0.3) is 0 Å². The predicted octanol–water partition coefficient (Wildman–Crippen LogP) is 3.13. The van der Waals surface area contributed by atoms with E-state index in [1.54, 1.807) is 24.3 Å². The van der Waals surface area contributed by atoms with E-state index in [0.717, 1.165) is 16.7 Å². The Bertz CT molecular complexity index is 1380. The number of para-hydroxylation sites is 1. The molecule has 9 heteroatoms. The van der Waals surface area contributed by atoms with Crippen LogP contribution in [0.25, 0.3) is 6.08 Å². The van der Waals surface area contributed by atoms with Crippen molar-refractivity contribution in [3.63, 3.8) is 0 Å². The van der Waals surface area contributed by atoms with Gasteiger partial charge < -0.3 is 31.1 Å². The molecule has 5 N–H and O–H groups in total. The van der Waals surface area contributed by atoms with Crippen molar-refractivity contribution in [1.82, 2.24) is 21.3 Å². The van der Waals surface area contributed by atoms with Gasteiger partial charge >= 0.3 is 0 Å². The summed E-state index contributed by atoms with van der Waals surface area (Å²) < 4.78 is 6.04. The molecule has 0 aromatic heterocycles. The van der Waals surface area contributed by atoms with E-state index in [1.165, 1.54) is 0 Å². The van der Waals surface area contributed by atoms with Crippen LogP contribution < -0.4 is 26.0 Å². The molecule has 0 spiro atoms. The lowest BCUT2D eigenvalue weighted by Gasteiger charge is -2.26. The first-order valence-corrected chi connectivity index (χ1v) is 14.7. The fourth-order valence-electron chi connectivity index (χ4n) is 4.90. The van der Waals surface area contributed by atoms with Crippen LogP contribution in [0.2, 0.25) is 0 Å². The Morgan fingerprint density at radius 1 is 0.767 bits per heavy atom. The number of carbonyl (C=O) groups is 3. The second-order valence-electron chi connectivity index (χ2n) is 10.5. The number of hydrogen-bond acceptors (Lipinski definition) is 6. The lowest BCUT2D eigenvalue weighted by molar-refractivity contribution is -0.132. The average molecular weight is 585 g/mol. The van der Waals surface area contributed by atoms with Gasteiger partial charge in [0, 0.05) is 25.1 Å². The lowest BCUT2D eigenvalue weighted by Crippen LogP contribution is -2.57. The van der Waals surface area contributed by atoms with Crippen molar-refractivity contribution in [2.75, 3.05) is 19.7 Å². The first-order chi connectivity index (χ1) is 20.9. The molecule has 0 aliphatic carbocycles. The second-order valence-corrected chi connectivity index (χ2v) is 10.5. The minimum absolute atomic E-state index is 0.136. The molecule has 1 aliphatic rings. The zero-order valence-corrected chi connectivity index (χ0v) is 24.4. The Hall–Kier alpha value is -4.63. The van der Waals surface area contributed by atoms with E-state index in [4.69, 9.17) is 4.74 Å². The molecule has 0 bridgehead atoms. The van der Waals surface area contributed by atoms with Crippen LogP contribution in [-0.2, 0) is 27.2 Å². The standard InChI is InChI=1S/C34H40N4O5/c1-2-9-28-32(40)36-19-8-13-26-12-6-7-14-31(26)43-21-20-35-29(22-25-15-17-27(39)18-16-25)33(41)38-30(34(42)37-28)23-24-10-4-3-5-11-24/h3-8,10-18,28-30,35,39H,2,9,19-23H2,1H3,(H,36,40)(H,37,42)(H,38,41)/b13-8+/t28-,29+,30+/m0/s1. The van der Waals surface area contributed by atoms with Crippen molar-refractivity contribution in [3.8, 4) is 11.5 Å². The number of aromatic hydroxyl groups is 1. The lowest BCUT2D eigenvalue weighted by atomic mass is 10.0. The quantitative estimate of drug-likeness (QED) is 0.303. The fraction of sp³-hybridized carbons (Fsp3) is 0.324. The van der Waals surface area contributed by atoms with Crippen LogP contribution >= 0.6 is 0 Å². The summed E-state index contributed by atoms with van der Waals surface area (Å²) in [5.41, 5.74) is 2.58. The van der Waals surface area contributed by atoms with Crippen molar-refractivity contribution in [2.45, 2.75) is 50.7 Å². The highest BCUT2D eigenvalue weighted by atomic mass is 16.5. The van der Waals surface area contributed by atoms with Crippen LogP contribution in [0, 0.1) is 0 Å². The number of phenols is 1. The summed E-state index contributed by atoms with van der Waals surface area (Å²) in [5.74, 6) is -0.251. The van der Waals surface area contributed by atoms with E-state index in [1.807, 2.05) is 73.7 Å². The summed E-state index contributed by atoms with van der Waals surface area (Å²) in [6.07, 6.45) is 5.45. The smallest absolute Gasteiger partial charge is 0.243 e. The normalized spacial score (nSPS) is 21.1. The Morgan fingerprint density at radius 3 is 2.19 bits per heavy atom. The molecule has 4 rings (SSSR count). The molecule has 226 valence electrons. The number of hydrogen-bond donors (Lipinski definition) is 5. The molecular weight excluding hydrogens is 544 g/mol. The Morgan fingerprint density at radius 2 is 1.42 bits per heavy atom. The third-order valence-corrected chi connectivity index (χ3v) is 7.18. The SMILES string of the molecule is CCC[C@@H]1NC(=O)[C@@H](Cc2ccccc2)NC(=O)[C@@H](Cc2ccc(O)cc2)NCCOc2ccccc2/C=C/CNC1=O. The molecule has 43 heavy (non-hydrogen) atoms. The fourth-order valence-corrected chi connectivity index (χ4v) is 4.90. The maximum absolute atomic E-state index is 13.8. The predicted molar refractivity (Wildman–Crippen MR) is 166 cm³/mol. The molecule has 1 aliphatic heterocycles. The number of benzene rings is 3. The van der Waals surface area contributed by atoms with Crippen LogP contribution in [-0.4, -0.2) is 60.6 Å². The van der Waals surface area contributed by atoms with Crippen LogP contribution in [0.5, 0.6) is 11.5 Å². The van der Waals surface area contributed by atoms with Crippen molar-refractivity contribution >= 4 is 23.8 Å². The monoisotopic (exact) mass is 584 g/mol. The maximum Gasteiger partial charge on any atom is 0.243 e. The van der Waals surface area contributed by atoms with Crippen LogP contribution in [0.3, 0.4) is 0 Å². The number of amides is 3. The summed E-state index contributed by atoms with van der Waals surface area (Å²) in [6, 6.07) is 21.4. The van der Waals surface area contributed by atoms with Gasteiger partial charge in [-0.15, -0.1) is 0 Å². The van der Waals surface area contributed by atoms with Gasteiger partial charge in [0.05, 0.1) is 6.04 Å². The van der Waals surface area contributed by atoms with E-state index in [2.05, 4.69) is 21.3 Å². The minimum atomic E-state index is -0.909. The molecule has 0 saturated carbocycles. The van der Waals surface area contributed by atoms with Crippen LogP contribution in [0.4, 0.5) is 0 Å². The Balaban J connectivity index is 1.62. The third kappa shape index (κ3) is 9.72. The molecule has 3 aromatic carbocycles. The van der Waals surface area contributed by atoms with E-state index in [9.17, 15) is 19.5 Å². The molecule has 3 aromatic rings. The van der Waals surface area contributed by atoms with Crippen LogP contribution in [0.15, 0.2) is 84.9 Å². The largest absolute Gasteiger partial charge is 0.508 e. The maximum atomic E-state index is 13.8. The summed E-state index contributed by atoms with van der Waals surface area (Å²) in [4.78, 5) is 40.5. The second kappa shape index (κ2) is 16.1. The van der Waals surface area contributed by atoms with E-state index in [0.29, 0.717) is 38.2 Å².